The number of halogens is 2. The van der Waals surface area contributed by atoms with Gasteiger partial charge < -0.3 is 11.5 Å². The molecule has 0 aliphatic carbocycles. The van der Waals surface area contributed by atoms with E-state index in [1.807, 2.05) is 0 Å². The fourth-order valence-corrected chi connectivity index (χ4v) is 1.14. The molecular weight excluding hydrogens is 190 g/mol. The monoisotopic (exact) mass is 198 g/mol. The molecule has 4 N–H and O–H groups in total. The molecule has 0 aromatic carbocycles. The van der Waals surface area contributed by atoms with Crippen molar-refractivity contribution in [1.29, 1.82) is 5.26 Å². The minimum atomic E-state index is -2.77. The number of rotatable bonds is 2. The number of alkyl halides is 2. The molecule has 6 heteroatoms. The summed E-state index contributed by atoms with van der Waals surface area (Å²) in [6.07, 6.45) is -1.63. The maximum atomic E-state index is 12.5. The zero-order chi connectivity index (χ0) is 10.7. The highest BCUT2D eigenvalue weighted by Gasteiger charge is 2.19. The number of nitrogens with zero attached hydrogens (tertiary/aromatic N) is 2. The van der Waals surface area contributed by atoms with Gasteiger partial charge in [0, 0.05) is 12.7 Å². The predicted molar refractivity (Wildman–Crippen MR) is 46.2 cm³/mol. The molecule has 74 valence electrons. The Labute approximate surface area is 79.1 Å². The molecule has 1 aromatic heterocycles. The van der Waals surface area contributed by atoms with Gasteiger partial charge in [0.15, 0.2) is 0 Å². The average Bonchev–Trinajstić information content (AvgIpc) is 2.16. The Hall–Kier alpha value is -1.74. The molecule has 0 unspecified atom stereocenters. The van der Waals surface area contributed by atoms with E-state index in [9.17, 15) is 8.78 Å². The van der Waals surface area contributed by atoms with Crippen LogP contribution in [0, 0.1) is 11.3 Å². The SMILES string of the molecule is N#Cc1cnc(N)c(C(F)F)c1CN. The second-order valence-corrected chi connectivity index (χ2v) is 2.57. The normalized spacial score (nSPS) is 10.2. The third kappa shape index (κ3) is 1.63. The third-order valence-corrected chi connectivity index (χ3v) is 1.80. The Morgan fingerprint density at radius 3 is 2.64 bits per heavy atom. The van der Waals surface area contributed by atoms with Gasteiger partial charge in [0.2, 0.25) is 0 Å². The first-order valence-corrected chi connectivity index (χ1v) is 3.77. The van der Waals surface area contributed by atoms with Gasteiger partial charge in [-0.2, -0.15) is 5.26 Å². The second-order valence-electron chi connectivity index (χ2n) is 2.57. The molecule has 1 heterocycles. The molecule has 0 bridgehead atoms. The maximum Gasteiger partial charge on any atom is 0.267 e. The van der Waals surface area contributed by atoms with E-state index in [0.717, 1.165) is 6.20 Å². The van der Waals surface area contributed by atoms with E-state index in [1.165, 1.54) is 0 Å². The Kier molecular flexibility index (Phi) is 2.94. The van der Waals surface area contributed by atoms with Gasteiger partial charge in [0.25, 0.3) is 6.43 Å². The summed E-state index contributed by atoms with van der Waals surface area (Å²) < 4.78 is 25.0. The molecule has 1 aromatic rings. The van der Waals surface area contributed by atoms with Gasteiger partial charge in [-0.3, -0.25) is 0 Å². The summed E-state index contributed by atoms with van der Waals surface area (Å²) in [7, 11) is 0. The zero-order valence-electron chi connectivity index (χ0n) is 7.17. The molecule has 1 rings (SSSR count). The van der Waals surface area contributed by atoms with Gasteiger partial charge in [0.1, 0.15) is 11.9 Å². The predicted octanol–water partition coefficient (Wildman–Crippen LogP) is 0.932. The lowest BCUT2D eigenvalue weighted by molar-refractivity contribution is 0.150. The maximum absolute atomic E-state index is 12.5. The van der Waals surface area contributed by atoms with E-state index in [0.29, 0.717) is 0 Å². The van der Waals surface area contributed by atoms with E-state index in [-0.39, 0.29) is 23.5 Å². The number of hydrogen-bond donors (Lipinski definition) is 2. The van der Waals surface area contributed by atoms with Crippen molar-refractivity contribution >= 4 is 5.82 Å². The molecule has 0 atom stereocenters. The first-order chi connectivity index (χ1) is 6.61. The van der Waals surface area contributed by atoms with Crippen LogP contribution in [0.4, 0.5) is 14.6 Å². The van der Waals surface area contributed by atoms with Crippen molar-refractivity contribution in [3.63, 3.8) is 0 Å². The van der Waals surface area contributed by atoms with Crippen LogP contribution in [0.5, 0.6) is 0 Å². The Bertz CT molecular complexity index is 384. The number of nitrogens with two attached hydrogens (primary N) is 2. The van der Waals surface area contributed by atoms with Crippen LogP contribution in [0.1, 0.15) is 23.1 Å². The number of anilines is 1. The molecule has 0 spiro atoms. The summed E-state index contributed by atoms with van der Waals surface area (Å²) in [5.41, 5.74) is 10.2. The summed E-state index contributed by atoms with van der Waals surface area (Å²) in [4.78, 5) is 3.50. The molecule has 0 amide bonds. The van der Waals surface area contributed by atoms with E-state index < -0.39 is 12.0 Å². The number of pyridine rings is 1. The standard InChI is InChI=1S/C8H8F2N4/c9-7(10)6-5(2-12)4(1-11)3-14-8(6)13/h3,7H,2,12H2,(H2,13,14). The van der Waals surface area contributed by atoms with Gasteiger partial charge in [-0.15, -0.1) is 0 Å². The van der Waals surface area contributed by atoms with Gasteiger partial charge >= 0.3 is 0 Å². The zero-order valence-corrected chi connectivity index (χ0v) is 7.17. The van der Waals surface area contributed by atoms with Crippen molar-refractivity contribution in [2.45, 2.75) is 13.0 Å². The van der Waals surface area contributed by atoms with Crippen molar-refractivity contribution in [1.82, 2.24) is 4.98 Å². The number of nitriles is 1. The molecule has 0 saturated carbocycles. The average molecular weight is 198 g/mol. The second kappa shape index (κ2) is 3.98. The van der Waals surface area contributed by atoms with E-state index >= 15 is 0 Å². The van der Waals surface area contributed by atoms with E-state index in [2.05, 4.69) is 4.98 Å². The summed E-state index contributed by atoms with van der Waals surface area (Å²) in [6, 6.07) is 1.74. The quantitative estimate of drug-likeness (QED) is 0.739. The lowest BCUT2D eigenvalue weighted by atomic mass is 10.0. The molecular formula is C8H8F2N4. The van der Waals surface area contributed by atoms with Crippen molar-refractivity contribution in [3.8, 4) is 6.07 Å². The highest BCUT2D eigenvalue weighted by molar-refractivity contribution is 5.52. The van der Waals surface area contributed by atoms with E-state index in [1.54, 1.807) is 6.07 Å². The topological polar surface area (TPSA) is 88.7 Å². The van der Waals surface area contributed by atoms with Gasteiger partial charge in [-0.25, -0.2) is 13.8 Å². The molecule has 4 nitrogen and oxygen atoms in total. The lowest BCUT2D eigenvalue weighted by Crippen LogP contribution is -2.09. The molecule has 0 radical (unpaired) electrons. The van der Waals surface area contributed by atoms with Crippen LogP contribution in [0.25, 0.3) is 0 Å². The fourth-order valence-electron chi connectivity index (χ4n) is 1.14. The van der Waals surface area contributed by atoms with E-state index in [4.69, 9.17) is 16.7 Å². The van der Waals surface area contributed by atoms with Crippen LogP contribution in [0.3, 0.4) is 0 Å². The van der Waals surface area contributed by atoms with Gasteiger partial charge in [-0.1, -0.05) is 0 Å². The molecule has 0 saturated heterocycles. The van der Waals surface area contributed by atoms with Crippen molar-refractivity contribution < 1.29 is 8.78 Å². The molecule has 0 fully saturated rings. The van der Waals surface area contributed by atoms with Crippen LogP contribution in [0.2, 0.25) is 0 Å². The fraction of sp³-hybridized carbons (Fsp3) is 0.250. The van der Waals surface area contributed by atoms with Crippen LogP contribution in [-0.2, 0) is 6.54 Å². The summed E-state index contributed by atoms with van der Waals surface area (Å²) >= 11 is 0. The largest absolute Gasteiger partial charge is 0.383 e. The number of nitrogen functional groups attached to an aromatic ring is 1. The highest BCUT2D eigenvalue weighted by Crippen LogP contribution is 2.28. The first kappa shape index (κ1) is 10.3. The van der Waals surface area contributed by atoms with Crippen LogP contribution in [0.15, 0.2) is 6.20 Å². The van der Waals surface area contributed by atoms with Crippen LogP contribution in [-0.4, -0.2) is 4.98 Å². The van der Waals surface area contributed by atoms with Crippen molar-refractivity contribution in [2.75, 3.05) is 5.73 Å². The minimum absolute atomic E-state index is 0.0389. The first-order valence-electron chi connectivity index (χ1n) is 3.77. The minimum Gasteiger partial charge on any atom is -0.383 e. The van der Waals surface area contributed by atoms with Crippen molar-refractivity contribution in [3.05, 3.63) is 22.9 Å². The highest BCUT2D eigenvalue weighted by atomic mass is 19.3. The molecule has 0 aliphatic heterocycles. The number of aromatic nitrogens is 1. The van der Waals surface area contributed by atoms with Gasteiger partial charge in [0.05, 0.1) is 11.1 Å². The third-order valence-electron chi connectivity index (χ3n) is 1.80. The number of hydrogen-bond acceptors (Lipinski definition) is 4. The van der Waals surface area contributed by atoms with Crippen LogP contribution < -0.4 is 11.5 Å². The smallest absolute Gasteiger partial charge is 0.267 e. The Morgan fingerprint density at radius 2 is 2.21 bits per heavy atom. The summed E-state index contributed by atoms with van der Waals surface area (Å²) in [5, 5.41) is 8.62. The summed E-state index contributed by atoms with van der Waals surface area (Å²) in [5.74, 6) is -0.278. The lowest BCUT2D eigenvalue weighted by Gasteiger charge is -2.10. The Balaban J connectivity index is 3.45. The van der Waals surface area contributed by atoms with Crippen molar-refractivity contribution in [2.24, 2.45) is 5.73 Å². The summed E-state index contributed by atoms with van der Waals surface area (Å²) in [6.45, 7) is -0.157. The van der Waals surface area contributed by atoms with Crippen LogP contribution >= 0.6 is 0 Å². The molecule has 0 aliphatic rings. The van der Waals surface area contributed by atoms with Gasteiger partial charge in [-0.05, 0) is 5.56 Å². The molecule has 14 heavy (non-hydrogen) atoms. The Morgan fingerprint density at radius 1 is 1.57 bits per heavy atom.